The predicted molar refractivity (Wildman–Crippen MR) is 114 cm³/mol. The van der Waals surface area contributed by atoms with Gasteiger partial charge in [0.1, 0.15) is 0 Å². The average Bonchev–Trinajstić information content (AvgIpc) is 3.07. The van der Waals surface area contributed by atoms with Crippen LogP contribution in [0, 0.1) is 11.3 Å². The van der Waals surface area contributed by atoms with Crippen LogP contribution < -0.4 is 5.32 Å². The normalized spacial score (nSPS) is 10.7. The summed E-state index contributed by atoms with van der Waals surface area (Å²) < 4.78 is 7.28. The number of hydrogen-bond acceptors (Lipinski definition) is 6. The van der Waals surface area contributed by atoms with Gasteiger partial charge in [-0.3, -0.25) is 4.79 Å². The van der Waals surface area contributed by atoms with Crippen LogP contribution >= 0.6 is 23.5 Å². The number of nitrogens with zero attached hydrogens (tertiary/aromatic N) is 3. The first-order chi connectivity index (χ1) is 13.7. The number of carbonyl (C=O) groups excluding carboxylic acids is 1. The summed E-state index contributed by atoms with van der Waals surface area (Å²) in [4.78, 5) is 18.0. The van der Waals surface area contributed by atoms with Gasteiger partial charge in [0.25, 0.3) is 0 Å². The van der Waals surface area contributed by atoms with Crippen molar-refractivity contribution in [2.75, 3.05) is 30.5 Å². The van der Waals surface area contributed by atoms with E-state index in [1.54, 1.807) is 7.11 Å². The van der Waals surface area contributed by atoms with Gasteiger partial charge < -0.3 is 14.6 Å². The van der Waals surface area contributed by atoms with E-state index in [-0.39, 0.29) is 11.7 Å². The fraction of sp³-hybridized carbons (Fsp3) is 0.250. The molecule has 0 aliphatic heterocycles. The smallest absolute Gasteiger partial charge is 0.234 e. The van der Waals surface area contributed by atoms with Crippen LogP contribution in [0.4, 0.5) is 5.69 Å². The average molecular weight is 413 g/mol. The second-order valence-corrected chi connectivity index (χ2v) is 7.77. The third kappa shape index (κ3) is 5.07. The van der Waals surface area contributed by atoms with Crippen molar-refractivity contribution in [1.29, 1.82) is 5.26 Å². The lowest BCUT2D eigenvalue weighted by molar-refractivity contribution is -0.113. The van der Waals surface area contributed by atoms with Gasteiger partial charge in [-0.1, -0.05) is 36.0 Å². The number of para-hydroxylation sites is 3. The highest BCUT2D eigenvalue weighted by molar-refractivity contribution is 8.00. The van der Waals surface area contributed by atoms with Crippen LogP contribution in [-0.4, -0.2) is 40.7 Å². The number of amides is 1. The van der Waals surface area contributed by atoms with Gasteiger partial charge in [0.05, 0.1) is 40.9 Å². The summed E-state index contributed by atoms with van der Waals surface area (Å²) in [5.74, 6) is 0.471. The Kier molecular flexibility index (Phi) is 7.37. The molecule has 0 aliphatic carbocycles. The summed E-state index contributed by atoms with van der Waals surface area (Å²) in [5, 5.41) is 12.5. The number of hydrogen-bond donors (Lipinski definition) is 1. The Balaban J connectivity index is 1.69. The standard InChI is InChI=1S/C20H20N4O2S2/c1-26-12-11-24-17-8-4-2-6-15(17)23-20(24)28-14-19(25)22-16-7-3-5-9-18(16)27-13-10-21/h2-9H,11-14H2,1H3,(H,22,25). The van der Waals surface area contributed by atoms with E-state index < -0.39 is 0 Å². The number of rotatable bonds is 9. The van der Waals surface area contributed by atoms with Crippen molar-refractivity contribution >= 4 is 46.2 Å². The fourth-order valence-electron chi connectivity index (χ4n) is 2.68. The number of fused-ring (bicyclic) bond motifs is 1. The van der Waals surface area contributed by atoms with Crippen LogP contribution in [0.15, 0.2) is 58.6 Å². The Labute approximate surface area is 172 Å². The molecule has 6 nitrogen and oxygen atoms in total. The maximum absolute atomic E-state index is 12.5. The Morgan fingerprint density at radius 1 is 1.21 bits per heavy atom. The highest BCUT2D eigenvalue weighted by Crippen LogP contribution is 2.28. The van der Waals surface area contributed by atoms with Crippen molar-refractivity contribution < 1.29 is 9.53 Å². The molecule has 0 radical (unpaired) electrons. The zero-order valence-electron chi connectivity index (χ0n) is 15.4. The van der Waals surface area contributed by atoms with Crippen LogP contribution in [0.25, 0.3) is 11.0 Å². The van der Waals surface area contributed by atoms with Gasteiger partial charge in [-0.05, 0) is 24.3 Å². The number of anilines is 1. The lowest BCUT2D eigenvalue weighted by Crippen LogP contribution is -2.15. The van der Waals surface area contributed by atoms with E-state index in [1.807, 2.05) is 48.5 Å². The summed E-state index contributed by atoms with van der Waals surface area (Å²) in [7, 11) is 1.67. The molecule has 1 amide bonds. The number of benzene rings is 2. The van der Waals surface area contributed by atoms with Gasteiger partial charge in [-0.2, -0.15) is 5.26 Å². The van der Waals surface area contributed by atoms with Crippen molar-refractivity contribution in [3.63, 3.8) is 0 Å². The first kappa shape index (κ1) is 20.3. The summed E-state index contributed by atoms with van der Waals surface area (Å²) in [6.07, 6.45) is 0. The van der Waals surface area contributed by atoms with Crippen LogP contribution in [-0.2, 0) is 16.1 Å². The number of thioether (sulfide) groups is 2. The summed E-state index contributed by atoms with van der Waals surface area (Å²) >= 11 is 2.80. The van der Waals surface area contributed by atoms with Gasteiger partial charge in [0, 0.05) is 18.6 Å². The molecule has 0 atom stereocenters. The maximum Gasteiger partial charge on any atom is 0.234 e. The molecule has 0 saturated heterocycles. The number of imidazole rings is 1. The van der Waals surface area contributed by atoms with Crippen molar-refractivity contribution in [3.8, 4) is 6.07 Å². The van der Waals surface area contributed by atoms with E-state index in [0.717, 1.165) is 26.8 Å². The second kappa shape index (κ2) is 10.2. The highest BCUT2D eigenvalue weighted by Gasteiger charge is 2.13. The number of methoxy groups -OCH3 is 1. The lowest BCUT2D eigenvalue weighted by atomic mass is 10.3. The van der Waals surface area contributed by atoms with Crippen molar-refractivity contribution in [3.05, 3.63) is 48.5 Å². The Morgan fingerprint density at radius 3 is 2.82 bits per heavy atom. The van der Waals surface area contributed by atoms with E-state index in [2.05, 4.69) is 20.9 Å². The third-order valence-electron chi connectivity index (χ3n) is 3.92. The molecule has 0 spiro atoms. The van der Waals surface area contributed by atoms with Gasteiger partial charge >= 0.3 is 0 Å². The first-order valence-corrected chi connectivity index (χ1v) is 10.7. The lowest BCUT2D eigenvalue weighted by Gasteiger charge is -2.10. The van der Waals surface area contributed by atoms with Gasteiger partial charge in [-0.15, -0.1) is 11.8 Å². The van der Waals surface area contributed by atoms with E-state index in [9.17, 15) is 4.79 Å². The number of aromatic nitrogens is 2. The molecular formula is C20H20N4O2S2. The molecule has 1 aromatic heterocycles. The predicted octanol–water partition coefficient (Wildman–Crippen LogP) is 4.03. The van der Waals surface area contributed by atoms with Gasteiger partial charge in [0.2, 0.25) is 5.91 Å². The fourth-order valence-corrected chi connectivity index (χ4v) is 4.19. The largest absolute Gasteiger partial charge is 0.383 e. The van der Waals surface area contributed by atoms with Gasteiger partial charge in [0.15, 0.2) is 5.16 Å². The Morgan fingerprint density at radius 2 is 2.00 bits per heavy atom. The Bertz CT molecular complexity index is 997. The Hall–Kier alpha value is -2.47. The minimum Gasteiger partial charge on any atom is -0.383 e. The summed E-state index contributed by atoms with van der Waals surface area (Å²) in [6.45, 7) is 1.25. The molecule has 0 fully saturated rings. The number of nitriles is 1. The second-order valence-electron chi connectivity index (χ2n) is 5.81. The molecular weight excluding hydrogens is 392 g/mol. The quantitative estimate of drug-likeness (QED) is 0.535. The highest BCUT2D eigenvalue weighted by atomic mass is 32.2. The molecule has 3 aromatic rings. The SMILES string of the molecule is COCCn1c(SCC(=O)Nc2ccccc2SCC#N)nc2ccccc21. The molecule has 1 heterocycles. The molecule has 3 rings (SSSR count). The van der Waals surface area contributed by atoms with Crippen molar-refractivity contribution in [2.45, 2.75) is 16.6 Å². The number of carbonyl (C=O) groups is 1. The van der Waals surface area contributed by atoms with Crippen LogP contribution in [0.2, 0.25) is 0 Å². The molecule has 28 heavy (non-hydrogen) atoms. The summed E-state index contributed by atoms with van der Waals surface area (Å²) in [5.41, 5.74) is 2.65. The summed E-state index contributed by atoms with van der Waals surface area (Å²) in [6, 6.07) is 17.5. The maximum atomic E-state index is 12.5. The molecule has 0 unspecified atom stereocenters. The van der Waals surface area contributed by atoms with E-state index >= 15 is 0 Å². The van der Waals surface area contributed by atoms with Crippen LogP contribution in [0.5, 0.6) is 0 Å². The van der Waals surface area contributed by atoms with Crippen molar-refractivity contribution in [2.24, 2.45) is 0 Å². The van der Waals surface area contributed by atoms with E-state index in [1.165, 1.54) is 23.5 Å². The van der Waals surface area contributed by atoms with E-state index in [0.29, 0.717) is 18.9 Å². The monoisotopic (exact) mass is 412 g/mol. The zero-order chi connectivity index (χ0) is 19.8. The first-order valence-electron chi connectivity index (χ1n) is 8.68. The third-order valence-corrected chi connectivity index (χ3v) is 5.84. The topological polar surface area (TPSA) is 79.9 Å². The molecule has 1 N–H and O–H groups in total. The molecule has 8 heteroatoms. The number of nitrogens with one attached hydrogen (secondary N) is 1. The number of ether oxygens (including phenoxy) is 1. The van der Waals surface area contributed by atoms with E-state index in [4.69, 9.17) is 10.00 Å². The zero-order valence-corrected chi connectivity index (χ0v) is 17.1. The van der Waals surface area contributed by atoms with Crippen LogP contribution in [0.1, 0.15) is 0 Å². The van der Waals surface area contributed by atoms with Crippen molar-refractivity contribution in [1.82, 2.24) is 9.55 Å². The molecule has 0 saturated carbocycles. The molecule has 144 valence electrons. The molecule has 2 aromatic carbocycles. The molecule has 0 aliphatic rings. The minimum atomic E-state index is -0.111. The van der Waals surface area contributed by atoms with Crippen LogP contribution in [0.3, 0.4) is 0 Å². The molecule has 0 bridgehead atoms. The van der Waals surface area contributed by atoms with Gasteiger partial charge in [-0.25, -0.2) is 4.98 Å². The minimum absolute atomic E-state index is 0.111.